The van der Waals surface area contributed by atoms with Gasteiger partial charge in [0.05, 0.1) is 13.0 Å². The van der Waals surface area contributed by atoms with Gasteiger partial charge >= 0.3 is 0 Å². The van der Waals surface area contributed by atoms with Crippen molar-refractivity contribution in [2.24, 2.45) is 5.41 Å². The summed E-state index contributed by atoms with van der Waals surface area (Å²) in [7, 11) is 0. The van der Waals surface area contributed by atoms with Crippen LogP contribution in [0.3, 0.4) is 0 Å². The van der Waals surface area contributed by atoms with Crippen LogP contribution in [0.1, 0.15) is 37.7 Å². The van der Waals surface area contributed by atoms with Gasteiger partial charge in [0, 0.05) is 12.0 Å². The van der Waals surface area contributed by atoms with E-state index in [1.807, 2.05) is 6.07 Å². The van der Waals surface area contributed by atoms with Gasteiger partial charge in [0.1, 0.15) is 5.75 Å². The van der Waals surface area contributed by atoms with E-state index in [0.717, 1.165) is 31.2 Å². The fraction of sp³-hybridized carbons (Fsp3) is 0.562. The number of phenolic OH excluding ortho intramolecular Hbond substituents is 1. The van der Waals surface area contributed by atoms with Crippen molar-refractivity contribution in [1.82, 2.24) is 5.32 Å². The zero-order chi connectivity index (χ0) is 14.4. The van der Waals surface area contributed by atoms with Gasteiger partial charge in [-0.3, -0.25) is 4.79 Å². The molecule has 0 radical (unpaired) electrons. The molecule has 0 atom stereocenters. The van der Waals surface area contributed by atoms with Crippen molar-refractivity contribution in [3.05, 3.63) is 29.8 Å². The van der Waals surface area contributed by atoms with Gasteiger partial charge in [-0.25, -0.2) is 0 Å². The average Bonchev–Trinajstić information content (AvgIpc) is 2.46. The SMILES string of the molecule is O=C(Cc1cccc(O)c1)NCC1(CO)CCCCC1. The minimum Gasteiger partial charge on any atom is -0.508 e. The summed E-state index contributed by atoms with van der Waals surface area (Å²) in [6.07, 6.45) is 5.70. The minimum atomic E-state index is -0.132. The molecule has 0 unspecified atom stereocenters. The summed E-state index contributed by atoms with van der Waals surface area (Å²) < 4.78 is 0. The van der Waals surface area contributed by atoms with E-state index in [-0.39, 0.29) is 30.1 Å². The third kappa shape index (κ3) is 3.97. The first-order chi connectivity index (χ1) is 9.63. The molecule has 1 aliphatic rings. The molecule has 4 nitrogen and oxygen atoms in total. The first-order valence-corrected chi connectivity index (χ1v) is 7.29. The Bertz CT molecular complexity index is 453. The van der Waals surface area contributed by atoms with Gasteiger partial charge in [-0.1, -0.05) is 31.4 Å². The normalized spacial score (nSPS) is 17.6. The highest BCUT2D eigenvalue weighted by atomic mass is 16.3. The molecule has 1 amide bonds. The maximum absolute atomic E-state index is 12.0. The first-order valence-electron chi connectivity index (χ1n) is 7.29. The lowest BCUT2D eigenvalue weighted by Gasteiger charge is -2.35. The molecule has 20 heavy (non-hydrogen) atoms. The average molecular weight is 277 g/mol. The molecule has 1 aromatic rings. The highest BCUT2D eigenvalue weighted by Crippen LogP contribution is 2.35. The molecule has 110 valence electrons. The number of hydrogen-bond donors (Lipinski definition) is 3. The molecular formula is C16H23NO3. The molecule has 1 aliphatic carbocycles. The number of nitrogens with one attached hydrogen (secondary N) is 1. The second-order valence-corrected chi connectivity index (χ2v) is 5.84. The summed E-state index contributed by atoms with van der Waals surface area (Å²) in [6, 6.07) is 6.74. The Balaban J connectivity index is 1.85. The number of aliphatic hydroxyl groups is 1. The molecule has 0 aliphatic heterocycles. The van der Waals surface area contributed by atoms with Crippen molar-refractivity contribution in [3.63, 3.8) is 0 Å². The van der Waals surface area contributed by atoms with Crippen LogP contribution in [0.4, 0.5) is 0 Å². The Morgan fingerprint density at radius 1 is 1.25 bits per heavy atom. The molecular weight excluding hydrogens is 254 g/mol. The maximum atomic E-state index is 12.0. The number of carbonyl (C=O) groups excluding carboxylic acids is 1. The lowest BCUT2D eigenvalue weighted by Crippen LogP contribution is -2.41. The van der Waals surface area contributed by atoms with Gasteiger partial charge in [-0.15, -0.1) is 0 Å². The van der Waals surface area contributed by atoms with Gasteiger partial charge in [0.15, 0.2) is 0 Å². The summed E-state index contributed by atoms with van der Waals surface area (Å²) in [6.45, 7) is 0.681. The van der Waals surface area contributed by atoms with Crippen molar-refractivity contribution in [1.29, 1.82) is 0 Å². The Hall–Kier alpha value is -1.55. The Labute approximate surface area is 119 Å². The Kier molecular flexibility index (Phi) is 5.01. The summed E-state index contributed by atoms with van der Waals surface area (Å²) in [5.41, 5.74) is 0.663. The molecule has 0 aromatic heterocycles. The van der Waals surface area contributed by atoms with Crippen molar-refractivity contribution < 1.29 is 15.0 Å². The lowest BCUT2D eigenvalue weighted by atomic mass is 9.74. The van der Waals surface area contributed by atoms with Crippen molar-refractivity contribution in [3.8, 4) is 5.75 Å². The Morgan fingerprint density at radius 2 is 2.00 bits per heavy atom. The highest BCUT2D eigenvalue weighted by molar-refractivity contribution is 5.78. The second kappa shape index (κ2) is 6.75. The van der Waals surface area contributed by atoms with E-state index in [1.54, 1.807) is 18.2 Å². The highest BCUT2D eigenvalue weighted by Gasteiger charge is 2.31. The smallest absolute Gasteiger partial charge is 0.224 e. The van der Waals surface area contributed by atoms with Gasteiger partial charge in [0.2, 0.25) is 5.91 Å². The number of hydrogen-bond acceptors (Lipinski definition) is 3. The minimum absolute atomic E-state index is 0.0611. The summed E-state index contributed by atoms with van der Waals surface area (Å²) in [4.78, 5) is 12.0. The molecule has 0 bridgehead atoms. The zero-order valence-electron chi connectivity index (χ0n) is 11.8. The predicted octanol–water partition coefficient (Wildman–Crippen LogP) is 1.99. The molecule has 1 saturated carbocycles. The van der Waals surface area contributed by atoms with Gasteiger partial charge in [-0.05, 0) is 30.5 Å². The number of rotatable bonds is 5. The predicted molar refractivity (Wildman–Crippen MR) is 77.4 cm³/mol. The number of phenols is 1. The molecule has 0 heterocycles. The van der Waals surface area contributed by atoms with Crippen LogP contribution >= 0.6 is 0 Å². The molecule has 0 spiro atoms. The number of benzene rings is 1. The van der Waals surface area contributed by atoms with Crippen molar-refractivity contribution >= 4 is 5.91 Å². The first kappa shape index (κ1) is 14.9. The maximum Gasteiger partial charge on any atom is 0.224 e. The lowest BCUT2D eigenvalue weighted by molar-refractivity contribution is -0.121. The van der Waals surface area contributed by atoms with Gasteiger partial charge < -0.3 is 15.5 Å². The fourth-order valence-corrected chi connectivity index (χ4v) is 2.89. The quantitative estimate of drug-likeness (QED) is 0.771. The third-order valence-corrected chi connectivity index (χ3v) is 4.19. The van der Waals surface area contributed by atoms with Crippen LogP contribution in [0.5, 0.6) is 5.75 Å². The number of aliphatic hydroxyl groups excluding tert-OH is 1. The zero-order valence-corrected chi connectivity index (χ0v) is 11.8. The van der Waals surface area contributed by atoms with E-state index >= 15 is 0 Å². The van der Waals surface area contributed by atoms with Crippen LogP contribution in [-0.4, -0.2) is 29.3 Å². The van der Waals surface area contributed by atoms with Crippen molar-refractivity contribution in [2.45, 2.75) is 38.5 Å². The van der Waals surface area contributed by atoms with E-state index < -0.39 is 0 Å². The van der Waals surface area contributed by atoms with E-state index in [1.165, 1.54) is 6.42 Å². The summed E-state index contributed by atoms with van der Waals surface area (Å²) in [5, 5.41) is 21.9. The van der Waals surface area contributed by atoms with Crippen LogP contribution in [0, 0.1) is 5.41 Å². The molecule has 0 saturated heterocycles. The number of aromatic hydroxyl groups is 1. The van der Waals surface area contributed by atoms with Crippen LogP contribution < -0.4 is 5.32 Å². The fourth-order valence-electron chi connectivity index (χ4n) is 2.89. The largest absolute Gasteiger partial charge is 0.508 e. The number of amides is 1. The number of carbonyl (C=O) groups is 1. The standard InChI is InChI=1S/C16H23NO3/c18-12-16(7-2-1-3-8-16)11-17-15(20)10-13-5-4-6-14(19)9-13/h4-6,9,18-19H,1-3,7-8,10-12H2,(H,17,20). The van der Waals surface area contributed by atoms with E-state index in [0.29, 0.717) is 6.54 Å². The second-order valence-electron chi connectivity index (χ2n) is 5.84. The summed E-state index contributed by atoms with van der Waals surface area (Å²) in [5.74, 6) is 0.114. The van der Waals surface area contributed by atoms with Crippen LogP contribution in [0.2, 0.25) is 0 Å². The van der Waals surface area contributed by atoms with E-state index in [4.69, 9.17) is 0 Å². The molecule has 1 aromatic carbocycles. The van der Waals surface area contributed by atoms with E-state index in [9.17, 15) is 15.0 Å². The monoisotopic (exact) mass is 277 g/mol. The van der Waals surface area contributed by atoms with Crippen molar-refractivity contribution in [2.75, 3.05) is 13.2 Å². The third-order valence-electron chi connectivity index (χ3n) is 4.19. The van der Waals surface area contributed by atoms with Crippen LogP contribution in [-0.2, 0) is 11.2 Å². The molecule has 3 N–H and O–H groups in total. The van der Waals surface area contributed by atoms with E-state index in [2.05, 4.69) is 5.32 Å². The molecule has 2 rings (SSSR count). The van der Waals surface area contributed by atoms with Crippen LogP contribution in [0.15, 0.2) is 24.3 Å². The topological polar surface area (TPSA) is 69.6 Å². The summed E-state index contributed by atoms with van der Waals surface area (Å²) >= 11 is 0. The van der Waals surface area contributed by atoms with Crippen LogP contribution in [0.25, 0.3) is 0 Å². The molecule has 1 fully saturated rings. The van der Waals surface area contributed by atoms with Gasteiger partial charge in [0.25, 0.3) is 0 Å². The molecule has 4 heteroatoms. The van der Waals surface area contributed by atoms with Gasteiger partial charge in [-0.2, -0.15) is 0 Å². The Morgan fingerprint density at radius 3 is 2.65 bits per heavy atom.